The highest BCUT2D eigenvalue weighted by molar-refractivity contribution is 7.89. The fourth-order valence-corrected chi connectivity index (χ4v) is 4.85. The highest BCUT2D eigenvalue weighted by Crippen LogP contribution is 2.37. The third-order valence-electron chi connectivity index (χ3n) is 5.21. The third-order valence-corrected chi connectivity index (χ3v) is 6.89. The zero-order chi connectivity index (χ0) is 23.3. The maximum atomic E-state index is 13.4. The van der Waals surface area contributed by atoms with E-state index in [0.717, 1.165) is 5.56 Å². The molecule has 0 bridgehead atoms. The van der Waals surface area contributed by atoms with E-state index < -0.39 is 33.7 Å². The molecule has 1 aliphatic heterocycles. The van der Waals surface area contributed by atoms with Gasteiger partial charge in [-0.1, -0.05) is 18.2 Å². The molecule has 2 atom stereocenters. The predicted molar refractivity (Wildman–Crippen MR) is 117 cm³/mol. The molecule has 8 nitrogen and oxygen atoms in total. The molecule has 0 fully saturated rings. The van der Waals surface area contributed by atoms with Crippen molar-refractivity contribution in [2.75, 3.05) is 20.8 Å². The molecular weight excluding hydrogens is 434 g/mol. The van der Waals surface area contributed by atoms with Crippen LogP contribution < -0.4 is 9.47 Å². The van der Waals surface area contributed by atoms with E-state index in [9.17, 15) is 18.0 Å². The minimum Gasteiger partial charge on any atom is -0.497 e. The van der Waals surface area contributed by atoms with Gasteiger partial charge in [-0.2, -0.15) is 0 Å². The molecule has 0 aliphatic carbocycles. The molecule has 170 valence electrons. The minimum atomic E-state index is -4.16. The summed E-state index contributed by atoms with van der Waals surface area (Å²) in [5.41, 5.74) is 0.756. The number of nitrogens with zero attached hydrogens (tertiary/aromatic N) is 1. The highest BCUT2D eigenvalue weighted by Gasteiger charge is 2.41. The zero-order valence-corrected chi connectivity index (χ0v) is 18.9. The van der Waals surface area contributed by atoms with Gasteiger partial charge < -0.3 is 14.2 Å². The van der Waals surface area contributed by atoms with Gasteiger partial charge >= 0.3 is 5.97 Å². The summed E-state index contributed by atoms with van der Waals surface area (Å²) in [4.78, 5) is 25.5. The van der Waals surface area contributed by atoms with Crippen molar-refractivity contribution in [3.63, 3.8) is 0 Å². The monoisotopic (exact) mass is 459 g/mol. The van der Waals surface area contributed by atoms with Crippen LogP contribution in [0.2, 0.25) is 0 Å². The van der Waals surface area contributed by atoms with Gasteiger partial charge in [0.25, 0.3) is 10.0 Å². The van der Waals surface area contributed by atoms with E-state index in [0.29, 0.717) is 15.8 Å². The van der Waals surface area contributed by atoms with Crippen LogP contribution in [0.4, 0.5) is 0 Å². The molecule has 0 N–H and O–H groups in total. The molecule has 2 aromatic rings. The van der Waals surface area contributed by atoms with Crippen molar-refractivity contribution >= 4 is 21.9 Å². The van der Waals surface area contributed by atoms with Gasteiger partial charge in [0.15, 0.2) is 0 Å². The fourth-order valence-electron chi connectivity index (χ4n) is 3.54. The maximum absolute atomic E-state index is 13.4. The molecule has 9 heteroatoms. The SMILES string of the molecule is CCOC(=O)CC1C(=O)N(S(=O)(=O)c2ccc(OC)cc2)C=CC1c1ccc(OC)cc1. The molecule has 2 unspecified atom stereocenters. The quantitative estimate of drug-likeness (QED) is 0.559. The van der Waals surface area contributed by atoms with Crippen LogP contribution in [0, 0.1) is 5.92 Å². The number of carbonyl (C=O) groups excluding carboxylic acids is 2. The van der Waals surface area contributed by atoms with E-state index in [4.69, 9.17) is 14.2 Å². The Labute approximate surface area is 187 Å². The van der Waals surface area contributed by atoms with Gasteiger partial charge in [-0.25, -0.2) is 12.7 Å². The van der Waals surface area contributed by atoms with Crippen molar-refractivity contribution in [1.29, 1.82) is 0 Å². The summed E-state index contributed by atoms with van der Waals surface area (Å²) in [5, 5.41) is 0. The molecule has 0 saturated heterocycles. The Hall–Kier alpha value is -3.33. The van der Waals surface area contributed by atoms with Crippen molar-refractivity contribution in [2.45, 2.75) is 24.2 Å². The molecule has 1 amide bonds. The first-order valence-electron chi connectivity index (χ1n) is 10.0. The summed E-state index contributed by atoms with van der Waals surface area (Å²) >= 11 is 0. The Bertz CT molecular complexity index is 1090. The molecule has 0 aromatic heterocycles. The first-order chi connectivity index (χ1) is 15.3. The molecule has 2 aromatic carbocycles. The van der Waals surface area contributed by atoms with Gasteiger partial charge in [-0.3, -0.25) is 9.59 Å². The largest absolute Gasteiger partial charge is 0.497 e. The molecule has 0 saturated carbocycles. The molecule has 0 radical (unpaired) electrons. The number of rotatable bonds is 8. The predicted octanol–water partition coefficient (Wildman–Crippen LogP) is 3.10. The maximum Gasteiger partial charge on any atom is 0.306 e. The second kappa shape index (κ2) is 9.86. The van der Waals surface area contributed by atoms with Gasteiger partial charge in [-0.15, -0.1) is 0 Å². The lowest BCUT2D eigenvalue weighted by atomic mass is 9.81. The van der Waals surface area contributed by atoms with E-state index in [-0.39, 0.29) is 17.9 Å². The van der Waals surface area contributed by atoms with Gasteiger partial charge in [0.1, 0.15) is 11.5 Å². The Balaban J connectivity index is 1.98. The standard InChI is InChI=1S/C23H25NO7S/c1-4-31-22(25)15-21-20(16-5-7-17(29-2)8-6-16)13-14-24(23(21)26)32(27,28)19-11-9-18(30-3)10-12-19/h5-14,20-21H,4,15H2,1-3H3. The Morgan fingerprint density at radius 1 is 0.969 bits per heavy atom. The number of sulfonamides is 1. The summed E-state index contributed by atoms with van der Waals surface area (Å²) < 4.78 is 42.3. The van der Waals surface area contributed by atoms with Crippen LogP contribution in [-0.2, 0) is 24.3 Å². The average molecular weight is 460 g/mol. The molecule has 1 aliphatic rings. The van der Waals surface area contributed by atoms with Crippen LogP contribution in [0.15, 0.2) is 65.7 Å². The fraction of sp³-hybridized carbons (Fsp3) is 0.304. The number of amides is 1. The molecule has 0 spiro atoms. The van der Waals surface area contributed by atoms with Crippen molar-refractivity contribution in [2.24, 2.45) is 5.92 Å². The third kappa shape index (κ3) is 4.77. The molecule has 32 heavy (non-hydrogen) atoms. The summed E-state index contributed by atoms with van der Waals surface area (Å²) in [6.07, 6.45) is 2.62. The smallest absolute Gasteiger partial charge is 0.306 e. The first kappa shape index (κ1) is 23.3. The first-order valence-corrected chi connectivity index (χ1v) is 11.5. The number of benzene rings is 2. The van der Waals surface area contributed by atoms with Crippen LogP contribution in [-0.4, -0.2) is 45.4 Å². The van der Waals surface area contributed by atoms with Gasteiger partial charge in [-0.05, 0) is 48.9 Å². The highest BCUT2D eigenvalue weighted by atomic mass is 32.2. The summed E-state index contributed by atoms with van der Waals surface area (Å²) in [6.45, 7) is 1.83. The lowest BCUT2D eigenvalue weighted by molar-refractivity contribution is -0.147. The Kier molecular flexibility index (Phi) is 7.19. The lowest BCUT2D eigenvalue weighted by Crippen LogP contribution is -2.42. The number of ether oxygens (including phenoxy) is 3. The number of hydrogen-bond donors (Lipinski definition) is 0. The molecule has 3 rings (SSSR count). The average Bonchev–Trinajstić information content (AvgIpc) is 2.80. The van der Waals surface area contributed by atoms with Crippen molar-refractivity contribution in [1.82, 2.24) is 4.31 Å². The number of allylic oxidation sites excluding steroid dienone is 1. The topological polar surface area (TPSA) is 99.2 Å². The number of methoxy groups -OCH3 is 2. The second-order valence-corrected chi connectivity index (χ2v) is 8.89. The van der Waals surface area contributed by atoms with E-state index in [2.05, 4.69) is 0 Å². The van der Waals surface area contributed by atoms with E-state index in [1.54, 1.807) is 44.4 Å². The summed E-state index contributed by atoms with van der Waals surface area (Å²) in [7, 11) is -1.15. The van der Waals surface area contributed by atoms with Crippen LogP contribution in [0.5, 0.6) is 11.5 Å². The number of hydrogen-bond acceptors (Lipinski definition) is 7. The number of carbonyl (C=O) groups is 2. The van der Waals surface area contributed by atoms with Crippen LogP contribution >= 0.6 is 0 Å². The van der Waals surface area contributed by atoms with Crippen LogP contribution in [0.1, 0.15) is 24.8 Å². The van der Waals surface area contributed by atoms with Crippen LogP contribution in [0.3, 0.4) is 0 Å². The zero-order valence-electron chi connectivity index (χ0n) is 18.1. The van der Waals surface area contributed by atoms with E-state index >= 15 is 0 Å². The van der Waals surface area contributed by atoms with Gasteiger partial charge in [0, 0.05) is 12.1 Å². The van der Waals surface area contributed by atoms with E-state index in [1.807, 2.05) is 0 Å². The normalized spacial score (nSPS) is 18.3. The van der Waals surface area contributed by atoms with Crippen LogP contribution in [0.25, 0.3) is 0 Å². The van der Waals surface area contributed by atoms with E-state index in [1.165, 1.54) is 37.6 Å². The van der Waals surface area contributed by atoms with Gasteiger partial charge in [0.2, 0.25) is 5.91 Å². The minimum absolute atomic E-state index is 0.0610. The summed E-state index contributed by atoms with van der Waals surface area (Å²) in [6, 6.07) is 12.8. The van der Waals surface area contributed by atoms with Crippen molar-refractivity contribution in [3.05, 3.63) is 66.4 Å². The Morgan fingerprint density at radius 3 is 2.06 bits per heavy atom. The lowest BCUT2D eigenvalue weighted by Gasteiger charge is -2.32. The second-order valence-electron chi connectivity index (χ2n) is 7.07. The Morgan fingerprint density at radius 2 is 1.53 bits per heavy atom. The molecule has 1 heterocycles. The van der Waals surface area contributed by atoms with Crippen molar-refractivity contribution in [3.8, 4) is 11.5 Å². The summed E-state index contributed by atoms with van der Waals surface area (Å²) in [5.74, 6) is -1.58. The molecular formula is C23H25NO7S. The van der Waals surface area contributed by atoms with Crippen molar-refractivity contribution < 1.29 is 32.2 Å². The van der Waals surface area contributed by atoms with Gasteiger partial charge in [0.05, 0.1) is 38.1 Å². The number of esters is 1.